The van der Waals surface area contributed by atoms with Gasteiger partial charge in [-0.2, -0.15) is 0 Å². The van der Waals surface area contributed by atoms with Crippen molar-refractivity contribution in [2.24, 2.45) is 0 Å². The van der Waals surface area contributed by atoms with Gasteiger partial charge in [0, 0.05) is 37.9 Å². The van der Waals surface area contributed by atoms with E-state index in [9.17, 15) is 9.18 Å². The molecule has 3 heterocycles. The topological polar surface area (TPSA) is 74.2 Å². The van der Waals surface area contributed by atoms with Crippen molar-refractivity contribution in [2.75, 3.05) is 36.4 Å². The molecule has 0 unspecified atom stereocenters. The first-order valence-corrected chi connectivity index (χ1v) is 9.83. The molecule has 30 heavy (non-hydrogen) atoms. The standard InChI is InChI=1S/C22H23FN6O/c1-15-7-8-24-20(13-15)25-19-5-6-21(27-26-19)28-9-11-29(12-10-28)22(30)17-4-3-16(2)18(23)14-17/h3-8,13-14H,9-12H2,1-2H3,(H,24,25,26). The molecule has 1 N–H and O–H groups in total. The lowest BCUT2D eigenvalue weighted by molar-refractivity contribution is 0.0746. The molecule has 7 nitrogen and oxygen atoms in total. The van der Waals surface area contributed by atoms with Gasteiger partial charge in [0.15, 0.2) is 11.6 Å². The number of piperazine rings is 1. The van der Waals surface area contributed by atoms with Crippen molar-refractivity contribution in [3.8, 4) is 0 Å². The van der Waals surface area contributed by atoms with Crippen LogP contribution in [0.25, 0.3) is 0 Å². The van der Waals surface area contributed by atoms with Crippen molar-refractivity contribution >= 4 is 23.4 Å². The molecule has 4 rings (SSSR count). The van der Waals surface area contributed by atoms with Gasteiger partial charge in [-0.3, -0.25) is 4.79 Å². The Morgan fingerprint density at radius 2 is 1.77 bits per heavy atom. The van der Waals surface area contributed by atoms with E-state index in [-0.39, 0.29) is 11.7 Å². The van der Waals surface area contributed by atoms with Crippen LogP contribution >= 0.6 is 0 Å². The average molecular weight is 406 g/mol. The minimum Gasteiger partial charge on any atom is -0.352 e. The molecule has 154 valence electrons. The van der Waals surface area contributed by atoms with E-state index in [0.29, 0.717) is 43.1 Å². The van der Waals surface area contributed by atoms with E-state index < -0.39 is 0 Å². The summed E-state index contributed by atoms with van der Waals surface area (Å²) < 4.78 is 13.8. The quantitative estimate of drug-likeness (QED) is 0.716. The Kier molecular flexibility index (Phi) is 5.56. The number of carbonyl (C=O) groups excluding carboxylic acids is 1. The summed E-state index contributed by atoms with van der Waals surface area (Å²) in [7, 11) is 0. The second-order valence-electron chi connectivity index (χ2n) is 7.36. The summed E-state index contributed by atoms with van der Waals surface area (Å²) in [6, 6.07) is 12.2. The Labute approximate surface area is 174 Å². The van der Waals surface area contributed by atoms with Crippen LogP contribution in [-0.2, 0) is 0 Å². The minimum absolute atomic E-state index is 0.148. The Morgan fingerprint density at radius 3 is 2.43 bits per heavy atom. The van der Waals surface area contributed by atoms with E-state index >= 15 is 0 Å². The predicted octanol–water partition coefficient (Wildman–Crippen LogP) is 3.33. The Morgan fingerprint density at radius 1 is 0.967 bits per heavy atom. The monoisotopic (exact) mass is 406 g/mol. The number of hydrogen-bond donors (Lipinski definition) is 1. The SMILES string of the molecule is Cc1ccnc(Nc2ccc(N3CCN(C(=O)c4ccc(C)c(F)c4)CC3)nn2)c1. The second-order valence-corrected chi connectivity index (χ2v) is 7.36. The first-order valence-electron chi connectivity index (χ1n) is 9.83. The predicted molar refractivity (Wildman–Crippen MR) is 114 cm³/mol. The van der Waals surface area contributed by atoms with Crippen LogP contribution in [0.5, 0.6) is 0 Å². The van der Waals surface area contributed by atoms with Crippen LogP contribution in [0.1, 0.15) is 21.5 Å². The smallest absolute Gasteiger partial charge is 0.254 e. The normalized spacial score (nSPS) is 14.0. The summed E-state index contributed by atoms with van der Waals surface area (Å²) >= 11 is 0. The fourth-order valence-corrected chi connectivity index (χ4v) is 3.34. The third kappa shape index (κ3) is 4.37. The largest absolute Gasteiger partial charge is 0.352 e. The molecular formula is C22H23FN6O. The Hall–Kier alpha value is -3.55. The molecule has 0 aliphatic carbocycles. The first kappa shape index (κ1) is 19.8. The number of hydrogen-bond acceptors (Lipinski definition) is 6. The fraction of sp³-hybridized carbons (Fsp3) is 0.273. The molecule has 0 atom stereocenters. The van der Waals surface area contributed by atoms with Crippen molar-refractivity contribution in [3.63, 3.8) is 0 Å². The molecule has 8 heteroatoms. The number of pyridine rings is 1. The van der Waals surface area contributed by atoms with Gasteiger partial charge in [-0.25, -0.2) is 9.37 Å². The summed E-state index contributed by atoms with van der Waals surface area (Å²) in [4.78, 5) is 20.7. The van der Waals surface area contributed by atoms with Crippen molar-refractivity contribution in [1.82, 2.24) is 20.1 Å². The Balaban J connectivity index is 1.35. The van der Waals surface area contributed by atoms with Crippen molar-refractivity contribution in [3.05, 3.63) is 71.2 Å². The van der Waals surface area contributed by atoms with Gasteiger partial charge in [0.25, 0.3) is 5.91 Å². The maximum atomic E-state index is 13.8. The molecule has 1 saturated heterocycles. The second kappa shape index (κ2) is 8.44. The van der Waals surface area contributed by atoms with Gasteiger partial charge in [0.2, 0.25) is 0 Å². The van der Waals surface area contributed by atoms with E-state index in [0.717, 1.165) is 17.2 Å². The van der Waals surface area contributed by atoms with E-state index in [1.54, 1.807) is 30.2 Å². The number of halogens is 1. The van der Waals surface area contributed by atoms with Crippen LogP contribution < -0.4 is 10.2 Å². The summed E-state index contributed by atoms with van der Waals surface area (Å²) in [5.41, 5.74) is 2.02. The number of nitrogens with zero attached hydrogens (tertiary/aromatic N) is 5. The molecule has 1 fully saturated rings. The molecular weight excluding hydrogens is 383 g/mol. The van der Waals surface area contributed by atoms with Gasteiger partial charge in [0.1, 0.15) is 11.6 Å². The summed E-state index contributed by atoms with van der Waals surface area (Å²) in [5, 5.41) is 11.7. The van der Waals surface area contributed by atoms with Crippen LogP contribution in [0.3, 0.4) is 0 Å². The van der Waals surface area contributed by atoms with Crippen molar-refractivity contribution < 1.29 is 9.18 Å². The van der Waals surface area contributed by atoms with Gasteiger partial charge >= 0.3 is 0 Å². The van der Waals surface area contributed by atoms with Gasteiger partial charge in [-0.05, 0) is 61.4 Å². The third-order valence-electron chi connectivity index (χ3n) is 5.13. The number of carbonyl (C=O) groups is 1. The van der Waals surface area contributed by atoms with E-state index in [4.69, 9.17) is 0 Å². The van der Waals surface area contributed by atoms with Crippen LogP contribution in [0.2, 0.25) is 0 Å². The lowest BCUT2D eigenvalue weighted by Crippen LogP contribution is -2.49. The lowest BCUT2D eigenvalue weighted by atomic mass is 10.1. The molecule has 0 saturated carbocycles. The minimum atomic E-state index is -0.357. The summed E-state index contributed by atoms with van der Waals surface area (Å²) in [5.74, 6) is 1.59. The van der Waals surface area contributed by atoms with Crippen molar-refractivity contribution in [2.45, 2.75) is 13.8 Å². The number of amides is 1. The number of nitrogens with one attached hydrogen (secondary N) is 1. The lowest BCUT2D eigenvalue weighted by Gasteiger charge is -2.35. The molecule has 0 spiro atoms. The molecule has 0 radical (unpaired) electrons. The molecule has 1 amide bonds. The zero-order chi connectivity index (χ0) is 21.1. The first-order chi connectivity index (χ1) is 14.5. The van der Waals surface area contributed by atoms with E-state index in [1.165, 1.54) is 6.07 Å². The summed E-state index contributed by atoms with van der Waals surface area (Å²) in [6.07, 6.45) is 1.74. The van der Waals surface area contributed by atoms with E-state index in [1.807, 2.05) is 31.2 Å². The summed E-state index contributed by atoms with van der Waals surface area (Å²) in [6.45, 7) is 6.05. The van der Waals surface area contributed by atoms with Crippen LogP contribution in [0, 0.1) is 19.7 Å². The van der Waals surface area contributed by atoms with Gasteiger partial charge < -0.3 is 15.1 Å². The third-order valence-corrected chi connectivity index (χ3v) is 5.13. The van der Waals surface area contributed by atoms with Gasteiger partial charge in [-0.15, -0.1) is 10.2 Å². The highest BCUT2D eigenvalue weighted by molar-refractivity contribution is 5.94. The molecule has 2 aromatic heterocycles. The fourth-order valence-electron chi connectivity index (χ4n) is 3.34. The highest BCUT2D eigenvalue weighted by atomic mass is 19.1. The number of rotatable bonds is 4. The number of anilines is 3. The maximum Gasteiger partial charge on any atom is 0.254 e. The van der Waals surface area contributed by atoms with Crippen LogP contribution in [-0.4, -0.2) is 52.2 Å². The highest BCUT2D eigenvalue weighted by Crippen LogP contribution is 2.18. The maximum absolute atomic E-state index is 13.8. The van der Waals surface area contributed by atoms with Crippen LogP contribution in [0.15, 0.2) is 48.7 Å². The zero-order valence-corrected chi connectivity index (χ0v) is 17.0. The van der Waals surface area contributed by atoms with Crippen LogP contribution in [0.4, 0.5) is 21.8 Å². The number of aryl methyl sites for hydroxylation is 2. The van der Waals surface area contributed by atoms with E-state index in [2.05, 4.69) is 25.4 Å². The number of aromatic nitrogens is 3. The van der Waals surface area contributed by atoms with Gasteiger partial charge in [0.05, 0.1) is 0 Å². The number of benzene rings is 1. The highest BCUT2D eigenvalue weighted by Gasteiger charge is 2.23. The zero-order valence-electron chi connectivity index (χ0n) is 17.0. The average Bonchev–Trinajstić information content (AvgIpc) is 2.76. The Bertz CT molecular complexity index is 1050. The molecule has 1 aromatic carbocycles. The molecule has 1 aliphatic heterocycles. The molecule has 1 aliphatic rings. The molecule has 3 aromatic rings. The van der Waals surface area contributed by atoms with Crippen molar-refractivity contribution in [1.29, 1.82) is 0 Å². The van der Waals surface area contributed by atoms with Gasteiger partial charge in [-0.1, -0.05) is 6.07 Å². The molecule has 0 bridgehead atoms.